The maximum atomic E-state index is 6.15. The first kappa shape index (κ1) is 12.6. The molecule has 2 rings (SSSR count). The summed E-state index contributed by atoms with van der Waals surface area (Å²) in [5, 5.41) is 0.596. The predicted molar refractivity (Wildman–Crippen MR) is 71.6 cm³/mol. The monoisotopic (exact) mass is 253 g/mol. The van der Waals surface area contributed by atoms with Gasteiger partial charge < -0.3 is 4.90 Å². The Morgan fingerprint density at radius 2 is 2.12 bits per heavy atom. The molecule has 0 amide bonds. The summed E-state index contributed by atoms with van der Waals surface area (Å²) in [6.45, 7) is 7.61. The van der Waals surface area contributed by atoms with Crippen molar-refractivity contribution in [1.82, 2.24) is 9.97 Å². The molecule has 3 nitrogen and oxygen atoms in total. The molecule has 1 heterocycles. The summed E-state index contributed by atoms with van der Waals surface area (Å²) in [6.07, 6.45) is 5.15. The number of rotatable bonds is 5. The van der Waals surface area contributed by atoms with E-state index in [9.17, 15) is 0 Å². The summed E-state index contributed by atoms with van der Waals surface area (Å²) in [7, 11) is 0. The van der Waals surface area contributed by atoms with Gasteiger partial charge in [0.1, 0.15) is 17.3 Å². The molecule has 1 aliphatic rings. The summed E-state index contributed by atoms with van der Waals surface area (Å²) < 4.78 is 0. The lowest BCUT2D eigenvalue weighted by molar-refractivity contribution is 0.632. The number of aromatic nitrogens is 2. The molecule has 0 radical (unpaired) electrons. The van der Waals surface area contributed by atoms with E-state index in [1.54, 1.807) is 6.33 Å². The van der Waals surface area contributed by atoms with Crippen LogP contribution in [0.15, 0.2) is 6.33 Å². The zero-order valence-corrected chi connectivity index (χ0v) is 11.5. The smallest absolute Gasteiger partial charge is 0.137 e. The molecule has 0 bridgehead atoms. The minimum atomic E-state index is 0.451. The fourth-order valence-corrected chi connectivity index (χ4v) is 2.32. The van der Waals surface area contributed by atoms with Gasteiger partial charge in [-0.1, -0.05) is 18.5 Å². The standard InChI is InChI=1S/C13H20ClN3/c1-4-11-12(14)15-8-16-13(11)17(9(2)3)7-10-5-6-10/h8-10H,4-7H2,1-3H3. The van der Waals surface area contributed by atoms with E-state index in [1.165, 1.54) is 12.8 Å². The fraction of sp³-hybridized carbons (Fsp3) is 0.692. The van der Waals surface area contributed by atoms with Crippen LogP contribution in [0.5, 0.6) is 0 Å². The van der Waals surface area contributed by atoms with E-state index in [-0.39, 0.29) is 0 Å². The molecule has 0 N–H and O–H groups in total. The minimum absolute atomic E-state index is 0.451. The van der Waals surface area contributed by atoms with Crippen molar-refractivity contribution in [3.05, 3.63) is 17.0 Å². The molecule has 4 heteroatoms. The lowest BCUT2D eigenvalue weighted by Crippen LogP contribution is -2.34. The van der Waals surface area contributed by atoms with Crippen LogP contribution in [0.2, 0.25) is 5.15 Å². The van der Waals surface area contributed by atoms with Gasteiger partial charge in [-0.25, -0.2) is 9.97 Å². The molecule has 0 saturated heterocycles. The average Bonchev–Trinajstić information content (AvgIpc) is 3.09. The van der Waals surface area contributed by atoms with Gasteiger partial charge in [-0.2, -0.15) is 0 Å². The SMILES string of the molecule is CCc1c(Cl)ncnc1N(CC1CC1)C(C)C. The number of nitrogens with zero attached hydrogens (tertiary/aromatic N) is 3. The summed E-state index contributed by atoms with van der Waals surface area (Å²) in [5.41, 5.74) is 1.07. The Hall–Kier alpha value is -0.830. The van der Waals surface area contributed by atoms with E-state index < -0.39 is 0 Å². The van der Waals surface area contributed by atoms with Gasteiger partial charge in [0, 0.05) is 18.2 Å². The number of halogens is 1. The third-order valence-electron chi connectivity index (χ3n) is 3.27. The van der Waals surface area contributed by atoms with Crippen molar-refractivity contribution in [2.75, 3.05) is 11.4 Å². The van der Waals surface area contributed by atoms with Gasteiger partial charge in [-0.3, -0.25) is 0 Å². The Labute approximate surface area is 108 Å². The predicted octanol–water partition coefficient (Wildman–Crippen LogP) is 3.32. The van der Waals surface area contributed by atoms with Crippen LogP contribution in [-0.2, 0) is 6.42 Å². The van der Waals surface area contributed by atoms with E-state index >= 15 is 0 Å². The Morgan fingerprint density at radius 1 is 1.41 bits per heavy atom. The van der Waals surface area contributed by atoms with Gasteiger partial charge in [0.15, 0.2) is 0 Å². The Balaban J connectivity index is 2.30. The number of anilines is 1. The molecule has 1 aliphatic carbocycles. The van der Waals surface area contributed by atoms with Crippen molar-refractivity contribution in [2.45, 2.75) is 46.1 Å². The van der Waals surface area contributed by atoms with E-state index in [2.05, 4.69) is 35.6 Å². The maximum Gasteiger partial charge on any atom is 0.137 e. The van der Waals surface area contributed by atoms with Crippen LogP contribution in [0.3, 0.4) is 0 Å². The molecule has 0 atom stereocenters. The summed E-state index contributed by atoms with van der Waals surface area (Å²) in [5.74, 6) is 1.87. The quantitative estimate of drug-likeness (QED) is 0.754. The third kappa shape index (κ3) is 2.89. The highest BCUT2D eigenvalue weighted by Crippen LogP contribution is 2.33. The first-order chi connectivity index (χ1) is 8.13. The van der Waals surface area contributed by atoms with Crippen LogP contribution in [0.25, 0.3) is 0 Å². The van der Waals surface area contributed by atoms with Gasteiger partial charge in [0.05, 0.1) is 0 Å². The highest BCUT2D eigenvalue weighted by Gasteiger charge is 2.27. The van der Waals surface area contributed by atoms with Crippen LogP contribution in [0.1, 0.15) is 39.2 Å². The van der Waals surface area contributed by atoms with Crippen molar-refractivity contribution >= 4 is 17.4 Å². The van der Waals surface area contributed by atoms with E-state index in [0.717, 1.165) is 30.3 Å². The number of hydrogen-bond acceptors (Lipinski definition) is 3. The molecular formula is C13H20ClN3. The first-order valence-corrected chi connectivity index (χ1v) is 6.77. The Bertz CT molecular complexity index is 388. The lowest BCUT2D eigenvalue weighted by Gasteiger charge is -2.29. The largest absolute Gasteiger partial charge is 0.354 e. The van der Waals surface area contributed by atoms with Crippen LogP contribution < -0.4 is 4.90 Å². The summed E-state index contributed by atoms with van der Waals surface area (Å²) >= 11 is 6.15. The molecule has 1 aromatic rings. The second kappa shape index (κ2) is 5.21. The van der Waals surface area contributed by atoms with E-state index in [1.807, 2.05) is 0 Å². The normalized spacial score (nSPS) is 15.4. The van der Waals surface area contributed by atoms with Gasteiger partial charge in [-0.15, -0.1) is 0 Å². The Kier molecular flexibility index (Phi) is 3.87. The molecule has 1 saturated carbocycles. The summed E-state index contributed by atoms with van der Waals surface area (Å²) in [6, 6.07) is 0.451. The maximum absolute atomic E-state index is 6.15. The molecule has 17 heavy (non-hydrogen) atoms. The molecule has 94 valence electrons. The molecule has 1 fully saturated rings. The minimum Gasteiger partial charge on any atom is -0.354 e. The van der Waals surface area contributed by atoms with Crippen LogP contribution >= 0.6 is 11.6 Å². The zero-order chi connectivity index (χ0) is 12.4. The third-order valence-corrected chi connectivity index (χ3v) is 3.60. The molecule has 1 aromatic heterocycles. The molecule has 0 spiro atoms. The topological polar surface area (TPSA) is 29.0 Å². The Morgan fingerprint density at radius 3 is 2.65 bits per heavy atom. The second-order valence-electron chi connectivity index (χ2n) is 5.01. The van der Waals surface area contributed by atoms with Crippen molar-refractivity contribution in [1.29, 1.82) is 0 Å². The highest BCUT2D eigenvalue weighted by atomic mass is 35.5. The van der Waals surface area contributed by atoms with Crippen LogP contribution in [0.4, 0.5) is 5.82 Å². The van der Waals surface area contributed by atoms with E-state index in [0.29, 0.717) is 11.2 Å². The lowest BCUT2D eigenvalue weighted by atomic mass is 10.2. The van der Waals surface area contributed by atoms with Gasteiger partial charge in [-0.05, 0) is 39.0 Å². The van der Waals surface area contributed by atoms with Gasteiger partial charge >= 0.3 is 0 Å². The van der Waals surface area contributed by atoms with Crippen LogP contribution in [-0.4, -0.2) is 22.6 Å². The number of hydrogen-bond donors (Lipinski definition) is 0. The van der Waals surface area contributed by atoms with E-state index in [4.69, 9.17) is 11.6 Å². The second-order valence-corrected chi connectivity index (χ2v) is 5.37. The fourth-order valence-electron chi connectivity index (χ4n) is 2.05. The summed E-state index contributed by atoms with van der Waals surface area (Å²) in [4.78, 5) is 10.9. The van der Waals surface area contributed by atoms with Crippen molar-refractivity contribution < 1.29 is 0 Å². The van der Waals surface area contributed by atoms with Crippen molar-refractivity contribution in [3.63, 3.8) is 0 Å². The van der Waals surface area contributed by atoms with Crippen LogP contribution in [0, 0.1) is 5.92 Å². The zero-order valence-electron chi connectivity index (χ0n) is 10.8. The average molecular weight is 254 g/mol. The first-order valence-electron chi connectivity index (χ1n) is 6.39. The molecular weight excluding hydrogens is 234 g/mol. The van der Waals surface area contributed by atoms with Crippen molar-refractivity contribution in [2.24, 2.45) is 5.92 Å². The highest BCUT2D eigenvalue weighted by molar-refractivity contribution is 6.30. The molecule has 0 aliphatic heterocycles. The van der Waals surface area contributed by atoms with Crippen molar-refractivity contribution in [3.8, 4) is 0 Å². The molecule has 0 aromatic carbocycles. The van der Waals surface area contributed by atoms with Gasteiger partial charge in [0.2, 0.25) is 0 Å². The van der Waals surface area contributed by atoms with Gasteiger partial charge in [0.25, 0.3) is 0 Å². The molecule has 0 unspecified atom stereocenters.